The smallest absolute Gasteiger partial charge is 0.146 e. The molecule has 2 aliphatic rings. The highest BCUT2D eigenvalue weighted by Crippen LogP contribution is 2.33. The molecule has 1 aliphatic carbocycles. The van der Waals surface area contributed by atoms with E-state index in [0.717, 1.165) is 36.0 Å². The molecular weight excluding hydrogens is 380 g/mol. The first-order valence-corrected chi connectivity index (χ1v) is 9.99. The Morgan fingerprint density at radius 3 is 2.93 bits per heavy atom. The molecule has 0 radical (unpaired) electrons. The first kappa shape index (κ1) is 20.0. The Kier molecular flexibility index (Phi) is 5.75. The lowest BCUT2D eigenvalue weighted by molar-refractivity contribution is 0.503. The standard InChI is InChI=1S/C20H26N10/c1-24-9-14(8-21)13-2-3-16(22)15(6-13)20(23)17-7-18(26-11-25-17)29-4-5-30-19(10-29)27-12-28-30/h2,7-9,11-12,14-15,20-22H,3-6,10,23H2,1H3. The number of nitrogens with one attached hydrogen (secondary N) is 2. The van der Waals surface area contributed by atoms with Crippen LogP contribution >= 0.6 is 0 Å². The fourth-order valence-electron chi connectivity index (χ4n) is 4.06. The van der Waals surface area contributed by atoms with Crippen LogP contribution in [0, 0.1) is 22.7 Å². The van der Waals surface area contributed by atoms with Crippen LogP contribution < -0.4 is 10.6 Å². The van der Waals surface area contributed by atoms with E-state index >= 15 is 0 Å². The summed E-state index contributed by atoms with van der Waals surface area (Å²) in [5.74, 6) is 1.40. The number of hydrogen-bond donors (Lipinski definition) is 3. The molecule has 0 amide bonds. The van der Waals surface area contributed by atoms with E-state index in [-0.39, 0.29) is 11.8 Å². The number of hydrogen-bond acceptors (Lipinski definition) is 9. The first-order chi connectivity index (χ1) is 14.6. The topological polar surface area (TPSA) is 146 Å². The summed E-state index contributed by atoms with van der Waals surface area (Å²) in [6, 6.07) is 1.50. The summed E-state index contributed by atoms with van der Waals surface area (Å²) in [5.41, 5.74) is 9.00. The van der Waals surface area contributed by atoms with E-state index in [2.05, 4.69) is 29.9 Å². The predicted octanol–water partition coefficient (Wildman–Crippen LogP) is 1.41. The highest BCUT2D eigenvalue weighted by Gasteiger charge is 2.30. The van der Waals surface area contributed by atoms with Crippen molar-refractivity contribution in [3.8, 4) is 0 Å². The van der Waals surface area contributed by atoms with Gasteiger partial charge in [0, 0.05) is 56.1 Å². The molecule has 0 spiro atoms. The lowest BCUT2D eigenvalue weighted by Crippen LogP contribution is -2.35. The van der Waals surface area contributed by atoms with E-state index in [4.69, 9.17) is 16.6 Å². The zero-order valence-electron chi connectivity index (χ0n) is 16.9. The highest BCUT2D eigenvalue weighted by molar-refractivity contribution is 5.91. The molecule has 1 aliphatic heterocycles. The van der Waals surface area contributed by atoms with Crippen molar-refractivity contribution in [3.63, 3.8) is 0 Å². The molecule has 0 saturated carbocycles. The van der Waals surface area contributed by atoms with E-state index in [9.17, 15) is 0 Å². The highest BCUT2D eigenvalue weighted by atomic mass is 15.4. The minimum absolute atomic E-state index is 0.149. The number of allylic oxidation sites excluding steroid dienone is 2. The second-order valence-electron chi connectivity index (χ2n) is 7.57. The quantitative estimate of drug-likeness (QED) is 0.488. The molecule has 156 valence electrons. The van der Waals surface area contributed by atoms with Crippen LogP contribution in [0.2, 0.25) is 0 Å². The van der Waals surface area contributed by atoms with Crippen molar-refractivity contribution < 1.29 is 0 Å². The van der Waals surface area contributed by atoms with Crippen LogP contribution in [0.3, 0.4) is 0 Å². The molecule has 3 atom stereocenters. The summed E-state index contributed by atoms with van der Waals surface area (Å²) in [5, 5.41) is 20.3. The Balaban J connectivity index is 1.53. The SMILES string of the molecule is CN=CC(C=N)C1=CCC(=N)C(C(N)c2cc(N3CCn4ncnc4C3)ncn2)C1. The fourth-order valence-corrected chi connectivity index (χ4v) is 4.06. The van der Waals surface area contributed by atoms with Gasteiger partial charge in [0.05, 0.1) is 24.8 Å². The number of nitrogens with two attached hydrogens (primary N) is 1. The molecular formula is C20H26N10. The van der Waals surface area contributed by atoms with Crippen LogP contribution in [0.25, 0.3) is 0 Å². The molecule has 0 saturated heterocycles. The maximum atomic E-state index is 8.44. The lowest BCUT2D eigenvalue weighted by atomic mass is 9.78. The molecule has 0 aromatic carbocycles. The summed E-state index contributed by atoms with van der Waals surface area (Å²) >= 11 is 0. The minimum Gasteiger partial charge on any atom is -0.347 e. The molecule has 3 unspecified atom stereocenters. The van der Waals surface area contributed by atoms with E-state index < -0.39 is 6.04 Å². The van der Waals surface area contributed by atoms with E-state index in [1.807, 2.05) is 16.8 Å². The van der Waals surface area contributed by atoms with Gasteiger partial charge in [-0.05, 0) is 6.42 Å². The van der Waals surface area contributed by atoms with Gasteiger partial charge in [0.1, 0.15) is 24.3 Å². The third-order valence-electron chi connectivity index (χ3n) is 5.79. The molecule has 2 aromatic rings. The van der Waals surface area contributed by atoms with E-state index in [1.165, 1.54) is 12.5 Å². The van der Waals surface area contributed by atoms with Crippen molar-refractivity contribution in [2.45, 2.75) is 32.0 Å². The van der Waals surface area contributed by atoms with Crippen LogP contribution in [-0.4, -0.2) is 56.5 Å². The van der Waals surface area contributed by atoms with Crippen molar-refractivity contribution in [2.75, 3.05) is 18.5 Å². The molecule has 30 heavy (non-hydrogen) atoms. The average Bonchev–Trinajstić information content (AvgIpc) is 3.25. The Morgan fingerprint density at radius 1 is 1.27 bits per heavy atom. The Bertz CT molecular complexity index is 991. The first-order valence-electron chi connectivity index (χ1n) is 9.99. The average molecular weight is 406 g/mol. The molecule has 2 aromatic heterocycles. The molecule has 10 heteroatoms. The number of nitrogens with zero attached hydrogens (tertiary/aromatic N) is 7. The third kappa shape index (κ3) is 3.90. The molecule has 0 bridgehead atoms. The number of rotatable bonds is 6. The maximum Gasteiger partial charge on any atom is 0.146 e. The largest absolute Gasteiger partial charge is 0.347 e. The summed E-state index contributed by atoms with van der Waals surface area (Å²) in [6.45, 7) is 2.17. The van der Waals surface area contributed by atoms with Gasteiger partial charge < -0.3 is 21.5 Å². The lowest BCUT2D eigenvalue weighted by Gasteiger charge is -2.31. The summed E-state index contributed by atoms with van der Waals surface area (Å²) in [6.07, 6.45) is 9.44. The number of fused-ring (bicyclic) bond motifs is 1. The second kappa shape index (κ2) is 8.62. The molecule has 4 rings (SSSR count). The van der Waals surface area contributed by atoms with Crippen molar-refractivity contribution in [1.29, 1.82) is 10.8 Å². The minimum atomic E-state index is -0.415. The predicted molar refractivity (Wildman–Crippen MR) is 115 cm³/mol. The summed E-state index contributed by atoms with van der Waals surface area (Å²) in [4.78, 5) is 19.4. The number of aliphatic imine (C=N–C) groups is 1. The van der Waals surface area contributed by atoms with Crippen LogP contribution in [0.5, 0.6) is 0 Å². The Hall–Kier alpha value is -3.27. The molecule has 10 nitrogen and oxygen atoms in total. The normalized spacial score (nSPS) is 21.3. The summed E-state index contributed by atoms with van der Waals surface area (Å²) < 4.78 is 1.90. The van der Waals surface area contributed by atoms with Crippen molar-refractivity contribution >= 4 is 24.0 Å². The van der Waals surface area contributed by atoms with Gasteiger partial charge in [-0.2, -0.15) is 5.10 Å². The van der Waals surface area contributed by atoms with Crippen LogP contribution in [-0.2, 0) is 13.1 Å². The monoisotopic (exact) mass is 406 g/mol. The van der Waals surface area contributed by atoms with Gasteiger partial charge in [0.15, 0.2) is 0 Å². The Morgan fingerprint density at radius 2 is 2.13 bits per heavy atom. The summed E-state index contributed by atoms with van der Waals surface area (Å²) in [7, 11) is 1.71. The van der Waals surface area contributed by atoms with Crippen LogP contribution in [0.4, 0.5) is 5.82 Å². The van der Waals surface area contributed by atoms with E-state index in [1.54, 1.807) is 19.6 Å². The van der Waals surface area contributed by atoms with Crippen LogP contribution in [0.1, 0.15) is 30.4 Å². The van der Waals surface area contributed by atoms with Crippen LogP contribution in [0.15, 0.2) is 35.4 Å². The van der Waals surface area contributed by atoms with Gasteiger partial charge in [-0.3, -0.25) is 4.99 Å². The van der Waals surface area contributed by atoms with Gasteiger partial charge in [0.25, 0.3) is 0 Å². The molecule has 4 N–H and O–H groups in total. The van der Waals surface area contributed by atoms with Gasteiger partial charge in [-0.1, -0.05) is 11.6 Å². The number of aromatic nitrogens is 5. The molecule has 3 heterocycles. The zero-order chi connectivity index (χ0) is 21.1. The fraction of sp³-hybridized carbons (Fsp3) is 0.450. The second-order valence-corrected chi connectivity index (χ2v) is 7.57. The van der Waals surface area contributed by atoms with Crippen molar-refractivity contribution in [2.24, 2.45) is 22.6 Å². The molecule has 0 fully saturated rings. The van der Waals surface area contributed by atoms with Crippen molar-refractivity contribution in [1.82, 2.24) is 24.7 Å². The van der Waals surface area contributed by atoms with Gasteiger partial charge in [-0.25, -0.2) is 19.6 Å². The van der Waals surface area contributed by atoms with Gasteiger partial charge in [0.2, 0.25) is 0 Å². The Labute approximate surface area is 175 Å². The number of anilines is 1. The third-order valence-corrected chi connectivity index (χ3v) is 5.79. The zero-order valence-corrected chi connectivity index (χ0v) is 16.9. The van der Waals surface area contributed by atoms with Gasteiger partial charge in [-0.15, -0.1) is 0 Å². The maximum absolute atomic E-state index is 8.44. The van der Waals surface area contributed by atoms with Gasteiger partial charge >= 0.3 is 0 Å². The van der Waals surface area contributed by atoms with E-state index in [0.29, 0.717) is 25.1 Å². The van der Waals surface area contributed by atoms with Crippen molar-refractivity contribution in [3.05, 3.63) is 41.9 Å².